The van der Waals surface area contributed by atoms with E-state index in [1.165, 1.54) is 0 Å². The summed E-state index contributed by atoms with van der Waals surface area (Å²) < 4.78 is 13.4. The molecule has 150 valence electrons. The summed E-state index contributed by atoms with van der Waals surface area (Å²) in [6, 6.07) is 14.5. The van der Waals surface area contributed by atoms with Gasteiger partial charge in [-0.05, 0) is 38.1 Å². The van der Waals surface area contributed by atoms with Gasteiger partial charge in [-0.2, -0.15) is 5.10 Å². The van der Waals surface area contributed by atoms with Gasteiger partial charge in [-0.3, -0.25) is 4.90 Å². The van der Waals surface area contributed by atoms with Crippen molar-refractivity contribution in [1.82, 2.24) is 19.5 Å². The zero-order valence-corrected chi connectivity index (χ0v) is 16.8. The smallest absolute Gasteiger partial charge is 0.158 e. The van der Waals surface area contributed by atoms with Crippen LogP contribution in [0.1, 0.15) is 23.3 Å². The van der Waals surface area contributed by atoms with E-state index in [0.29, 0.717) is 6.54 Å². The Bertz CT molecular complexity index is 1140. The van der Waals surface area contributed by atoms with E-state index in [1.807, 2.05) is 42.6 Å². The number of hydrogen-bond acceptors (Lipinski definition) is 6. The second kappa shape index (κ2) is 7.50. The molecular formula is C22H25N5O2. The molecule has 4 aromatic rings. The first-order chi connectivity index (χ1) is 14.2. The highest BCUT2D eigenvalue weighted by molar-refractivity contribution is 5.91. The van der Waals surface area contributed by atoms with E-state index in [4.69, 9.17) is 14.1 Å². The molecule has 5 rings (SSSR count). The van der Waals surface area contributed by atoms with E-state index in [1.54, 1.807) is 0 Å². The van der Waals surface area contributed by atoms with E-state index in [0.717, 1.165) is 65.9 Å². The monoisotopic (exact) mass is 391 g/mol. The fourth-order valence-corrected chi connectivity index (χ4v) is 4.04. The summed E-state index contributed by atoms with van der Waals surface area (Å²) in [5.41, 5.74) is 2.85. The van der Waals surface area contributed by atoms with Crippen LogP contribution in [-0.2, 0) is 4.74 Å². The molecule has 1 atom stereocenters. The maximum Gasteiger partial charge on any atom is 0.158 e. The van der Waals surface area contributed by atoms with Crippen molar-refractivity contribution >= 4 is 22.4 Å². The second-order valence-corrected chi connectivity index (χ2v) is 7.53. The van der Waals surface area contributed by atoms with Crippen molar-refractivity contribution < 1.29 is 9.15 Å². The predicted molar refractivity (Wildman–Crippen MR) is 112 cm³/mol. The molecule has 3 aromatic heterocycles. The Morgan fingerprint density at radius 2 is 1.93 bits per heavy atom. The van der Waals surface area contributed by atoms with Crippen LogP contribution in [0.25, 0.3) is 16.6 Å². The number of aromatic nitrogens is 3. The Balaban J connectivity index is 1.49. The molecule has 0 radical (unpaired) electrons. The molecule has 0 amide bonds. The molecule has 1 N–H and O–H groups in total. The van der Waals surface area contributed by atoms with Gasteiger partial charge >= 0.3 is 0 Å². The third kappa shape index (κ3) is 3.47. The summed E-state index contributed by atoms with van der Waals surface area (Å²) in [7, 11) is 0. The number of morpholine rings is 1. The van der Waals surface area contributed by atoms with Crippen molar-refractivity contribution in [3.8, 4) is 0 Å². The molecule has 29 heavy (non-hydrogen) atoms. The van der Waals surface area contributed by atoms with Crippen molar-refractivity contribution in [1.29, 1.82) is 0 Å². The minimum atomic E-state index is 0.121. The maximum absolute atomic E-state index is 5.99. The molecule has 0 bridgehead atoms. The molecule has 1 aliphatic heterocycles. The van der Waals surface area contributed by atoms with Crippen LogP contribution in [0.3, 0.4) is 0 Å². The first-order valence-electron chi connectivity index (χ1n) is 10.1. The number of nitrogens with one attached hydrogen (secondary N) is 1. The van der Waals surface area contributed by atoms with Crippen molar-refractivity contribution in [2.75, 3.05) is 38.2 Å². The van der Waals surface area contributed by atoms with Crippen molar-refractivity contribution in [2.45, 2.75) is 19.9 Å². The van der Waals surface area contributed by atoms with Crippen LogP contribution in [0.5, 0.6) is 0 Å². The van der Waals surface area contributed by atoms with Crippen molar-refractivity contribution in [3.05, 3.63) is 59.7 Å². The summed E-state index contributed by atoms with van der Waals surface area (Å²) in [6.07, 6.45) is 0. The lowest BCUT2D eigenvalue weighted by Crippen LogP contribution is -2.41. The van der Waals surface area contributed by atoms with Crippen LogP contribution >= 0.6 is 0 Å². The highest BCUT2D eigenvalue weighted by atomic mass is 16.5. The van der Waals surface area contributed by atoms with Gasteiger partial charge in [0.1, 0.15) is 17.3 Å². The minimum absolute atomic E-state index is 0.121. The maximum atomic E-state index is 5.99. The normalized spacial score (nSPS) is 16.5. The van der Waals surface area contributed by atoms with Crippen LogP contribution in [0, 0.1) is 13.8 Å². The summed E-state index contributed by atoms with van der Waals surface area (Å²) in [5, 5.41) is 9.25. The molecule has 7 heteroatoms. The molecule has 1 aromatic carbocycles. The summed E-state index contributed by atoms with van der Waals surface area (Å²) in [5.74, 6) is 2.77. The fourth-order valence-electron chi connectivity index (χ4n) is 4.04. The Morgan fingerprint density at radius 1 is 1.10 bits per heavy atom. The zero-order chi connectivity index (χ0) is 19.8. The van der Waals surface area contributed by atoms with Crippen molar-refractivity contribution in [3.63, 3.8) is 0 Å². The number of hydrogen-bond donors (Lipinski definition) is 1. The standard InChI is InChI=1S/C22H25N5O2/c1-15-13-21-24-22(17-5-3-4-6-18(17)27(21)25-15)23-14-19(20-8-7-16(2)29-20)26-9-11-28-12-10-26/h3-8,13,19H,9-12,14H2,1-2H3,(H,23,24)/t19-/m1/s1. The van der Waals surface area contributed by atoms with Crippen LogP contribution < -0.4 is 5.32 Å². The van der Waals surface area contributed by atoms with Gasteiger partial charge in [0.15, 0.2) is 5.65 Å². The lowest BCUT2D eigenvalue weighted by molar-refractivity contribution is 0.0143. The minimum Gasteiger partial charge on any atom is -0.465 e. The number of anilines is 1. The summed E-state index contributed by atoms with van der Waals surface area (Å²) >= 11 is 0. The number of aryl methyl sites for hydroxylation is 2. The quantitative estimate of drug-likeness (QED) is 0.561. The molecule has 1 saturated heterocycles. The van der Waals surface area contributed by atoms with Gasteiger partial charge in [0, 0.05) is 31.1 Å². The molecule has 0 aliphatic carbocycles. The lowest BCUT2D eigenvalue weighted by Gasteiger charge is -2.33. The van der Waals surface area contributed by atoms with Gasteiger partial charge in [0.2, 0.25) is 0 Å². The molecule has 7 nitrogen and oxygen atoms in total. The molecule has 4 heterocycles. The SMILES string of the molecule is Cc1cc2nc(NC[C@H](c3ccc(C)o3)N3CCOCC3)c3ccccc3n2n1. The van der Waals surface area contributed by atoms with E-state index >= 15 is 0 Å². The molecule has 1 fully saturated rings. The van der Waals surface area contributed by atoms with Crippen LogP contribution in [0.15, 0.2) is 46.9 Å². The van der Waals surface area contributed by atoms with Gasteiger partial charge in [-0.25, -0.2) is 9.50 Å². The zero-order valence-electron chi connectivity index (χ0n) is 16.8. The summed E-state index contributed by atoms with van der Waals surface area (Å²) in [4.78, 5) is 7.27. The number of ether oxygens (including phenoxy) is 1. The van der Waals surface area contributed by atoms with Gasteiger partial charge in [0.25, 0.3) is 0 Å². The van der Waals surface area contributed by atoms with E-state index in [9.17, 15) is 0 Å². The fraction of sp³-hybridized carbons (Fsp3) is 0.364. The van der Waals surface area contributed by atoms with Crippen molar-refractivity contribution in [2.24, 2.45) is 0 Å². The first kappa shape index (κ1) is 18.1. The number of rotatable bonds is 5. The van der Waals surface area contributed by atoms with Gasteiger partial charge in [-0.1, -0.05) is 12.1 Å². The highest BCUT2D eigenvalue weighted by Crippen LogP contribution is 2.27. The average molecular weight is 391 g/mol. The van der Waals surface area contributed by atoms with Crippen LogP contribution in [-0.4, -0.2) is 52.3 Å². The van der Waals surface area contributed by atoms with Crippen LogP contribution in [0.4, 0.5) is 5.82 Å². The number of nitrogens with zero attached hydrogens (tertiary/aromatic N) is 4. The Hall–Kier alpha value is -2.90. The van der Waals surface area contributed by atoms with E-state index in [-0.39, 0.29) is 6.04 Å². The first-order valence-corrected chi connectivity index (χ1v) is 10.1. The molecule has 0 spiro atoms. The number of benzene rings is 1. The lowest BCUT2D eigenvalue weighted by atomic mass is 10.1. The number of fused-ring (bicyclic) bond motifs is 3. The third-order valence-electron chi connectivity index (χ3n) is 5.47. The Kier molecular flexibility index (Phi) is 4.69. The molecular weight excluding hydrogens is 366 g/mol. The highest BCUT2D eigenvalue weighted by Gasteiger charge is 2.25. The van der Waals surface area contributed by atoms with Gasteiger partial charge in [0.05, 0.1) is 30.5 Å². The summed E-state index contributed by atoms with van der Waals surface area (Å²) in [6.45, 7) is 7.95. The van der Waals surface area contributed by atoms with Gasteiger partial charge < -0.3 is 14.5 Å². The Morgan fingerprint density at radius 3 is 2.72 bits per heavy atom. The molecule has 0 unspecified atom stereocenters. The topological polar surface area (TPSA) is 67.8 Å². The number of para-hydroxylation sites is 1. The largest absolute Gasteiger partial charge is 0.465 e. The van der Waals surface area contributed by atoms with E-state index < -0.39 is 0 Å². The third-order valence-corrected chi connectivity index (χ3v) is 5.47. The number of furan rings is 1. The average Bonchev–Trinajstić information content (AvgIpc) is 3.34. The second-order valence-electron chi connectivity index (χ2n) is 7.53. The Labute approximate surface area is 169 Å². The van der Waals surface area contributed by atoms with Crippen LogP contribution in [0.2, 0.25) is 0 Å². The predicted octanol–water partition coefficient (Wildman–Crippen LogP) is 3.58. The molecule has 0 saturated carbocycles. The van der Waals surface area contributed by atoms with Gasteiger partial charge in [-0.15, -0.1) is 0 Å². The van der Waals surface area contributed by atoms with E-state index in [2.05, 4.69) is 33.5 Å². The molecule has 1 aliphatic rings.